The molecule has 0 saturated heterocycles. The average Bonchev–Trinajstić information content (AvgIpc) is 3.10. The van der Waals surface area contributed by atoms with Crippen LogP contribution in [-0.2, 0) is 19.1 Å². The number of allylic oxidation sites excluding steroid dienone is 1. The summed E-state index contributed by atoms with van der Waals surface area (Å²) in [5, 5.41) is 0. The molecule has 198 valence electrons. The molecule has 4 aliphatic carbocycles. The minimum atomic E-state index is -0.179. The number of esters is 2. The van der Waals surface area contributed by atoms with Crippen LogP contribution in [0.15, 0.2) is 11.1 Å². The Morgan fingerprint density at radius 3 is 2.31 bits per heavy atom. The van der Waals surface area contributed by atoms with E-state index < -0.39 is 0 Å². The van der Waals surface area contributed by atoms with Crippen LogP contribution in [0.25, 0.3) is 0 Å². The lowest BCUT2D eigenvalue weighted by Gasteiger charge is -2.58. The number of hydrogen-bond donors (Lipinski definition) is 0. The quantitative estimate of drug-likeness (QED) is 0.274. The predicted molar refractivity (Wildman–Crippen MR) is 140 cm³/mol. The summed E-state index contributed by atoms with van der Waals surface area (Å²) in [7, 11) is 0. The number of ether oxygens (including phenoxy) is 2. The third-order valence-corrected chi connectivity index (χ3v) is 10.8. The van der Waals surface area contributed by atoms with E-state index in [2.05, 4.69) is 34.6 Å². The molecule has 3 fully saturated rings. The summed E-state index contributed by atoms with van der Waals surface area (Å²) in [6.07, 6.45) is 12.7. The van der Waals surface area contributed by atoms with Crippen LogP contribution in [0.4, 0.5) is 0 Å². The Labute approximate surface area is 214 Å². The van der Waals surface area contributed by atoms with E-state index in [0.717, 1.165) is 43.4 Å². The Morgan fingerprint density at radius 1 is 0.943 bits per heavy atom. The summed E-state index contributed by atoms with van der Waals surface area (Å²) < 4.78 is 11.8. The Morgan fingerprint density at radius 2 is 1.66 bits per heavy atom. The molecule has 0 bridgehead atoms. The SMILES string of the molecule is CC(=O)O[C@H]1CC[C@@]2(C)[C@H](C1)C[C@H](OC(C)=O)C1=C3CC[C@H]([C@H](C)CCCC(C)C)[C@@]3(C)CC[C@@H]12. The van der Waals surface area contributed by atoms with Crippen molar-refractivity contribution < 1.29 is 19.1 Å². The van der Waals surface area contributed by atoms with E-state index in [1.807, 2.05) is 0 Å². The Balaban J connectivity index is 1.63. The van der Waals surface area contributed by atoms with Gasteiger partial charge in [-0.25, -0.2) is 0 Å². The van der Waals surface area contributed by atoms with Crippen LogP contribution in [0.3, 0.4) is 0 Å². The summed E-state index contributed by atoms with van der Waals surface area (Å²) in [6.45, 7) is 15.3. The summed E-state index contributed by atoms with van der Waals surface area (Å²) in [4.78, 5) is 23.9. The topological polar surface area (TPSA) is 52.6 Å². The number of carbonyl (C=O) groups is 2. The summed E-state index contributed by atoms with van der Waals surface area (Å²) in [5.74, 6) is 2.83. The second-order valence-electron chi connectivity index (χ2n) is 13.4. The van der Waals surface area contributed by atoms with Gasteiger partial charge in [-0.2, -0.15) is 0 Å². The van der Waals surface area contributed by atoms with Crippen molar-refractivity contribution in [2.45, 2.75) is 131 Å². The largest absolute Gasteiger partial charge is 0.463 e. The molecular formula is C31H50O4. The molecule has 0 amide bonds. The van der Waals surface area contributed by atoms with E-state index in [0.29, 0.717) is 11.8 Å². The Kier molecular flexibility index (Phi) is 7.80. The van der Waals surface area contributed by atoms with Crippen molar-refractivity contribution in [3.63, 3.8) is 0 Å². The molecular weight excluding hydrogens is 436 g/mol. The van der Waals surface area contributed by atoms with Gasteiger partial charge >= 0.3 is 11.9 Å². The fourth-order valence-corrected chi connectivity index (χ4v) is 9.06. The highest BCUT2D eigenvalue weighted by atomic mass is 16.5. The van der Waals surface area contributed by atoms with Gasteiger partial charge in [0.2, 0.25) is 0 Å². The maximum Gasteiger partial charge on any atom is 0.303 e. The second kappa shape index (κ2) is 10.2. The standard InChI is InChI=1S/C31H50O4/c1-19(2)9-8-10-20(3)25-11-12-26-29-27(14-16-31(25,26)7)30(6)15-13-24(34-21(4)32)17-23(30)18-28(29)35-22(5)33/h19-20,23-25,27-28H,8-18H2,1-7H3/t20-,23-,24+,25-,27+,28+,30+,31-/m1/s1. The smallest absolute Gasteiger partial charge is 0.303 e. The van der Waals surface area contributed by atoms with Crippen molar-refractivity contribution >= 4 is 11.9 Å². The highest BCUT2D eigenvalue weighted by Crippen LogP contribution is 2.66. The molecule has 3 saturated carbocycles. The summed E-state index contributed by atoms with van der Waals surface area (Å²) in [6, 6.07) is 0. The molecule has 4 aliphatic rings. The van der Waals surface area contributed by atoms with Gasteiger partial charge < -0.3 is 9.47 Å². The normalized spacial score (nSPS) is 39.5. The molecule has 4 heteroatoms. The predicted octanol–water partition coefficient (Wildman–Crippen LogP) is 7.65. The zero-order valence-corrected chi connectivity index (χ0v) is 23.5. The molecule has 0 aromatic carbocycles. The molecule has 0 N–H and O–H groups in total. The van der Waals surface area contributed by atoms with Crippen LogP contribution in [0.2, 0.25) is 0 Å². The van der Waals surface area contributed by atoms with E-state index in [-0.39, 0.29) is 35.0 Å². The molecule has 4 nitrogen and oxygen atoms in total. The van der Waals surface area contributed by atoms with Crippen molar-refractivity contribution in [1.82, 2.24) is 0 Å². The monoisotopic (exact) mass is 486 g/mol. The molecule has 8 atom stereocenters. The highest BCUT2D eigenvalue weighted by Gasteiger charge is 2.58. The van der Waals surface area contributed by atoms with Gasteiger partial charge in [-0.1, -0.05) is 59.5 Å². The lowest BCUT2D eigenvalue weighted by Crippen LogP contribution is -2.53. The number of carbonyl (C=O) groups excluding carboxylic acids is 2. The zero-order chi connectivity index (χ0) is 25.5. The van der Waals surface area contributed by atoms with Gasteiger partial charge in [-0.15, -0.1) is 0 Å². The van der Waals surface area contributed by atoms with E-state index >= 15 is 0 Å². The molecule has 0 aromatic heterocycles. The van der Waals surface area contributed by atoms with E-state index in [9.17, 15) is 9.59 Å². The molecule has 4 rings (SSSR count). The Bertz CT molecular complexity index is 843. The number of fused-ring (bicyclic) bond motifs is 4. The van der Waals surface area contributed by atoms with Gasteiger partial charge in [-0.3, -0.25) is 9.59 Å². The third-order valence-electron chi connectivity index (χ3n) is 10.8. The molecule has 0 aliphatic heterocycles. The maximum atomic E-state index is 12.2. The molecule has 0 heterocycles. The first-order chi connectivity index (χ1) is 16.5. The Hall–Kier alpha value is -1.32. The first-order valence-electron chi connectivity index (χ1n) is 14.5. The number of hydrogen-bond acceptors (Lipinski definition) is 4. The minimum absolute atomic E-state index is 0.00848. The molecule has 0 spiro atoms. The van der Waals surface area contributed by atoms with Gasteiger partial charge in [0.1, 0.15) is 12.2 Å². The van der Waals surface area contributed by atoms with Crippen LogP contribution in [0.5, 0.6) is 0 Å². The number of rotatable bonds is 7. The fourth-order valence-electron chi connectivity index (χ4n) is 9.06. The second-order valence-corrected chi connectivity index (χ2v) is 13.4. The molecule has 0 aromatic rings. The molecule has 0 radical (unpaired) electrons. The van der Waals surface area contributed by atoms with Crippen molar-refractivity contribution in [2.75, 3.05) is 0 Å². The zero-order valence-electron chi connectivity index (χ0n) is 23.5. The maximum absolute atomic E-state index is 12.2. The first-order valence-corrected chi connectivity index (χ1v) is 14.5. The van der Waals surface area contributed by atoms with E-state index in [4.69, 9.17) is 9.47 Å². The third kappa shape index (κ3) is 5.10. The summed E-state index contributed by atoms with van der Waals surface area (Å²) >= 11 is 0. The average molecular weight is 487 g/mol. The van der Waals surface area contributed by atoms with Crippen LogP contribution in [0.1, 0.15) is 119 Å². The fraction of sp³-hybridized carbons (Fsp3) is 0.871. The van der Waals surface area contributed by atoms with Crippen LogP contribution < -0.4 is 0 Å². The van der Waals surface area contributed by atoms with Crippen molar-refractivity contribution in [2.24, 2.45) is 40.4 Å². The van der Waals surface area contributed by atoms with Crippen molar-refractivity contribution in [1.29, 1.82) is 0 Å². The lowest BCUT2D eigenvalue weighted by atomic mass is 9.48. The highest BCUT2D eigenvalue weighted by molar-refractivity contribution is 5.67. The van der Waals surface area contributed by atoms with Crippen LogP contribution in [0, 0.1) is 40.4 Å². The van der Waals surface area contributed by atoms with Gasteiger partial charge in [0.15, 0.2) is 0 Å². The van der Waals surface area contributed by atoms with Crippen LogP contribution in [-0.4, -0.2) is 24.1 Å². The lowest BCUT2D eigenvalue weighted by molar-refractivity contribution is -0.157. The van der Waals surface area contributed by atoms with Gasteiger partial charge in [0.05, 0.1) is 0 Å². The molecule has 0 unspecified atom stereocenters. The van der Waals surface area contributed by atoms with Gasteiger partial charge in [-0.05, 0) is 97.4 Å². The minimum Gasteiger partial charge on any atom is -0.463 e. The van der Waals surface area contributed by atoms with Crippen molar-refractivity contribution in [3.8, 4) is 0 Å². The van der Waals surface area contributed by atoms with E-state index in [1.165, 1.54) is 57.4 Å². The summed E-state index contributed by atoms with van der Waals surface area (Å²) in [5.41, 5.74) is 3.62. The van der Waals surface area contributed by atoms with Gasteiger partial charge in [0.25, 0.3) is 0 Å². The van der Waals surface area contributed by atoms with Crippen molar-refractivity contribution in [3.05, 3.63) is 11.1 Å². The van der Waals surface area contributed by atoms with Crippen LogP contribution >= 0.6 is 0 Å². The first kappa shape index (κ1) is 26.7. The molecule has 35 heavy (non-hydrogen) atoms. The van der Waals surface area contributed by atoms with E-state index in [1.54, 1.807) is 12.5 Å². The van der Waals surface area contributed by atoms with Gasteiger partial charge in [0, 0.05) is 13.8 Å².